The van der Waals surface area contributed by atoms with Gasteiger partial charge in [0.05, 0.1) is 55.7 Å². The summed E-state index contributed by atoms with van der Waals surface area (Å²) >= 11 is 0. The molecule has 0 bridgehead atoms. The molecule has 1 aliphatic heterocycles. The summed E-state index contributed by atoms with van der Waals surface area (Å²) < 4.78 is 17.0. The van der Waals surface area contributed by atoms with E-state index in [0.717, 1.165) is 12.0 Å². The number of carbonyl (C=O) groups excluding carboxylic acids is 5. The van der Waals surface area contributed by atoms with Crippen molar-refractivity contribution in [1.29, 1.82) is 0 Å². The molecule has 0 N–H and O–H groups in total. The van der Waals surface area contributed by atoms with Crippen LogP contribution in [-0.2, 0) is 44.6 Å². The first-order valence-electron chi connectivity index (χ1n) is 20.0. The number of benzene rings is 1. The van der Waals surface area contributed by atoms with Gasteiger partial charge < -0.3 is 24.0 Å². The predicted octanol–water partition coefficient (Wildman–Crippen LogP) is 5.76. The number of ether oxygens (including phenoxy) is 3. The number of methoxy groups -OCH3 is 3. The first-order chi connectivity index (χ1) is 26.5. The lowest BCUT2D eigenvalue weighted by atomic mass is 9.85. The van der Waals surface area contributed by atoms with Crippen LogP contribution in [0.15, 0.2) is 35.4 Å². The average molecular weight is 785 g/mol. The number of Topliss-reactive ketones (excluding diaryl/α,β-unsaturated/α-hetero) is 2. The van der Waals surface area contributed by atoms with Crippen molar-refractivity contribution in [1.82, 2.24) is 14.7 Å². The molecule has 1 aromatic carbocycles. The number of likely N-dealkylation sites (tertiary alicyclic amines) is 1. The Balaban J connectivity index is 2.34. The zero-order chi connectivity index (χ0) is 42.3. The molecular formula is C42H68N6O8. The third-order valence-electron chi connectivity index (χ3n) is 11.7. The van der Waals surface area contributed by atoms with E-state index in [4.69, 9.17) is 14.2 Å². The molecule has 2 amide bonds. The molecule has 0 spiro atoms. The van der Waals surface area contributed by atoms with Crippen molar-refractivity contribution in [2.45, 2.75) is 123 Å². The van der Waals surface area contributed by atoms with Gasteiger partial charge in [-0.15, -0.1) is 0 Å². The number of nitrogens with zero attached hydrogens (tertiary/aromatic N) is 6. The third-order valence-corrected chi connectivity index (χ3v) is 11.7. The Hall–Kier alpha value is -3.84. The Morgan fingerprint density at radius 3 is 2.09 bits per heavy atom. The molecule has 0 unspecified atom stereocenters. The van der Waals surface area contributed by atoms with Crippen LogP contribution in [0, 0.1) is 29.6 Å². The Morgan fingerprint density at radius 1 is 0.929 bits per heavy atom. The number of ketones is 2. The normalized spacial score (nSPS) is 19.2. The maximum atomic E-state index is 14.4. The fourth-order valence-corrected chi connectivity index (χ4v) is 8.55. The number of hydrogen-bond donors (Lipinski definition) is 0. The molecule has 0 saturated carbocycles. The van der Waals surface area contributed by atoms with Gasteiger partial charge in [0.15, 0.2) is 5.78 Å². The van der Waals surface area contributed by atoms with Crippen molar-refractivity contribution in [3.63, 3.8) is 0 Å². The van der Waals surface area contributed by atoms with Crippen LogP contribution in [0.5, 0.6) is 0 Å². The van der Waals surface area contributed by atoms with Gasteiger partial charge in [0, 0.05) is 57.5 Å². The first-order valence-corrected chi connectivity index (χ1v) is 20.0. The minimum Gasteiger partial charge on any atom is -0.469 e. The molecule has 1 saturated heterocycles. The average Bonchev–Trinajstić information content (AvgIpc) is 3.65. The second-order valence-corrected chi connectivity index (χ2v) is 16.0. The molecule has 14 nitrogen and oxygen atoms in total. The summed E-state index contributed by atoms with van der Waals surface area (Å²) in [5.74, 6) is -3.56. The van der Waals surface area contributed by atoms with Crippen LogP contribution in [0.2, 0.25) is 0 Å². The molecule has 10 atom stereocenters. The number of rotatable bonds is 24. The molecule has 1 aliphatic rings. The monoisotopic (exact) mass is 785 g/mol. The summed E-state index contributed by atoms with van der Waals surface area (Å²) in [6.45, 7) is 11.8. The maximum absolute atomic E-state index is 14.4. The Labute approximate surface area is 334 Å². The van der Waals surface area contributed by atoms with Crippen molar-refractivity contribution in [3.05, 3.63) is 46.3 Å². The second kappa shape index (κ2) is 23.4. The highest BCUT2D eigenvalue weighted by Crippen LogP contribution is 2.32. The minimum atomic E-state index is -0.916. The quantitative estimate of drug-likeness (QED) is 0.0547. The summed E-state index contributed by atoms with van der Waals surface area (Å²) in [6, 6.07) is 7.33. The van der Waals surface area contributed by atoms with Crippen LogP contribution in [0.25, 0.3) is 10.4 Å². The SMILES string of the molecule is CC[C@H](C)[C@@H]([C@@H](CC(=O)N1CCC[C@H]1[C@H](OC)[C@@H](C)C(=O)C[C@@H](Cc1ccccc1)C(=O)OC)OC)N(C)C(=O)[C@H](CC(=O)[C@H](C(C)C)N(C)C)[C@H](C)N=[N+]=[N-]. The largest absolute Gasteiger partial charge is 0.469 e. The van der Waals surface area contributed by atoms with Gasteiger partial charge in [-0.3, -0.25) is 28.9 Å². The maximum Gasteiger partial charge on any atom is 0.309 e. The second-order valence-electron chi connectivity index (χ2n) is 16.0. The lowest BCUT2D eigenvalue weighted by molar-refractivity contribution is -0.149. The van der Waals surface area contributed by atoms with E-state index in [0.29, 0.717) is 25.8 Å². The fourth-order valence-electron chi connectivity index (χ4n) is 8.55. The molecule has 0 radical (unpaired) electrons. The van der Waals surface area contributed by atoms with Crippen molar-refractivity contribution < 1.29 is 38.2 Å². The van der Waals surface area contributed by atoms with E-state index >= 15 is 0 Å². The Bertz CT molecular complexity index is 1480. The zero-order valence-corrected chi connectivity index (χ0v) is 35.8. The minimum absolute atomic E-state index is 0.00199. The fraction of sp³-hybridized carbons (Fsp3) is 0.738. The Morgan fingerprint density at radius 2 is 1.57 bits per heavy atom. The summed E-state index contributed by atoms with van der Waals surface area (Å²) in [5.41, 5.74) is 10.2. The molecule has 0 aliphatic carbocycles. The van der Waals surface area contributed by atoms with E-state index in [9.17, 15) is 29.5 Å². The summed E-state index contributed by atoms with van der Waals surface area (Å²) in [7, 11) is 9.69. The molecule has 1 heterocycles. The number of amides is 2. The number of likely N-dealkylation sites (N-methyl/N-ethyl adjacent to an activating group) is 2. The van der Waals surface area contributed by atoms with Crippen LogP contribution in [0.3, 0.4) is 0 Å². The highest BCUT2D eigenvalue weighted by atomic mass is 16.5. The van der Waals surface area contributed by atoms with Crippen LogP contribution >= 0.6 is 0 Å². The zero-order valence-electron chi connectivity index (χ0n) is 35.8. The van der Waals surface area contributed by atoms with Crippen molar-refractivity contribution in [3.8, 4) is 0 Å². The van der Waals surface area contributed by atoms with Crippen LogP contribution in [0.4, 0.5) is 0 Å². The van der Waals surface area contributed by atoms with E-state index in [1.54, 1.807) is 30.7 Å². The van der Waals surface area contributed by atoms with E-state index < -0.39 is 54.1 Å². The number of carbonyl (C=O) groups is 5. The van der Waals surface area contributed by atoms with Gasteiger partial charge >= 0.3 is 5.97 Å². The van der Waals surface area contributed by atoms with Gasteiger partial charge in [0.2, 0.25) is 11.8 Å². The smallest absolute Gasteiger partial charge is 0.309 e. The summed E-state index contributed by atoms with van der Waals surface area (Å²) in [4.78, 5) is 76.9. The third kappa shape index (κ3) is 12.8. The summed E-state index contributed by atoms with van der Waals surface area (Å²) in [5, 5.41) is 3.84. The van der Waals surface area contributed by atoms with Gasteiger partial charge in [-0.25, -0.2) is 0 Å². The van der Waals surface area contributed by atoms with E-state index in [1.807, 2.05) is 77.0 Å². The number of hydrogen-bond acceptors (Lipinski definition) is 10. The van der Waals surface area contributed by atoms with Crippen LogP contribution in [-0.4, -0.2) is 129 Å². The van der Waals surface area contributed by atoms with Gasteiger partial charge in [-0.2, -0.15) is 0 Å². The van der Waals surface area contributed by atoms with E-state index in [1.165, 1.54) is 21.3 Å². The molecule has 14 heteroatoms. The molecular weight excluding hydrogens is 716 g/mol. The molecule has 1 aromatic rings. The first kappa shape index (κ1) is 48.3. The molecule has 0 aromatic heterocycles. The van der Waals surface area contributed by atoms with Crippen LogP contribution in [0.1, 0.15) is 85.6 Å². The molecule has 1 fully saturated rings. The van der Waals surface area contributed by atoms with Crippen molar-refractivity contribution in [2.75, 3.05) is 49.0 Å². The van der Waals surface area contributed by atoms with E-state index in [-0.39, 0.29) is 60.5 Å². The molecule has 314 valence electrons. The van der Waals surface area contributed by atoms with Gasteiger partial charge in [-0.1, -0.05) is 83.4 Å². The summed E-state index contributed by atoms with van der Waals surface area (Å²) in [6.07, 6.45) is 0.907. The van der Waals surface area contributed by atoms with E-state index in [2.05, 4.69) is 10.0 Å². The van der Waals surface area contributed by atoms with Gasteiger partial charge in [0.1, 0.15) is 5.78 Å². The van der Waals surface area contributed by atoms with Gasteiger partial charge in [0.25, 0.3) is 0 Å². The lowest BCUT2D eigenvalue weighted by Crippen LogP contribution is -2.54. The highest BCUT2D eigenvalue weighted by molar-refractivity contribution is 5.90. The molecule has 56 heavy (non-hydrogen) atoms. The van der Waals surface area contributed by atoms with Gasteiger partial charge in [-0.05, 0) is 56.3 Å². The van der Waals surface area contributed by atoms with Crippen molar-refractivity contribution in [2.24, 2.45) is 34.7 Å². The lowest BCUT2D eigenvalue weighted by Gasteiger charge is -2.41. The highest BCUT2D eigenvalue weighted by Gasteiger charge is 2.43. The predicted molar refractivity (Wildman–Crippen MR) is 215 cm³/mol. The van der Waals surface area contributed by atoms with Crippen LogP contribution < -0.4 is 0 Å². The van der Waals surface area contributed by atoms with Crippen molar-refractivity contribution >= 4 is 29.4 Å². The Kier molecular flexibility index (Phi) is 20.2. The standard InChI is InChI=1S/C42H68N6O8/c1-13-27(4)39(47(9)41(52)32(29(6)44-45-43)24-35(50)38(26(2)3)46(7)8)36(54-10)25-37(51)48-21-17-20-33(48)40(55-11)28(5)34(49)23-31(42(53)56-12)22-30-18-15-14-16-19-30/h14-16,18-19,26-29,31-33,36,38-40H,13,17,20-25H2,1-12H3/t27-,28-,29-,31+,32+,33-,36+,38-,39-,40+/m0/s1. The number of azide groups is 1. The topological polar surface area (TPSA) is 172 Å². The molecule has 2 rings (SSSR count). The number of esters is 1.